The molecule has 2 aromatic rings. The van der Waals surface area contributed by atoms with E-state index in [1.54, 1.807) is 0 Å². The van der Waals surface area contributed by atoms with Gasteiger partial charge in [-0.25, -0.2) is 4.79 Å². The van der Waals surface area contributed by atoms with Crippen molar-refractivity contribution in [2.45, 2.75) is 51.0 Å². The summed E-state index contributed by atoms with van der Waals surface area (Å²) in [6, 6.07) is 8.11. The van der Waals surface area contributed by atoms with E-state index < -0.39 is 0 Å². The van der Waals surface area contributed by atoms with Gasteiger partial charge in [-0.1, -0.05) is 0 Å². The quantitative estimate of drug-likeness (QED) is 0.745. The van der Waals surface area contributed by atoms with Crippen LogP contribution < -0.4 is 10.6 Å². The van der Waals surface area contributed by atoms with Crippen molar-refractivity contribution in [3.05, 3.63) is 30.0 Å². The molecule has 4 bridgehead atoms. The molecule has 2 amide bonds. The molecule has 4 fully saturated rings. The van der Waals surface area contributed by atoms with Crippen LogP contribution in [0.4, 0.5) is 10.5 Å². The topological polar surface area (TPSA) is 56.9 Å². The summed E-state index contributed by atoms with van der Waals surface area (Å²) in [5, 5.41) is 7.56. The molecule has 6 rings (SSSR count). The SMILES string of the molecule is Cc1cc2cc(NC(=O)NC34CC5CC(CC(C5)C3)C4)ccc2[nH]1. The predicted molar refractivity (Wildman–Crippen MR) is 96.1 cm³/mol. The first-order valence-electron chi connectivity index (χ1n) is 9.25. The number of aromatic amines is 1. The van der Waals surface area contributed by atoms with Crippen molar-refractivity contribution in [1.29, 1.82) is 0 Å². The highest BCUT2D eigenvalue weighted by molar-refractivity contribution is 5.93. The van der Waals surface area contributed by atoms with Crippen molar-refractivity contribution in [3.8, 4) is 0 Å². The Morgan fingerprint density at radius 3 is 2.42 bits per heavy atom. The van der Waals surface area contributed by atoms with E-state index in [-0.39, 0.29) is 11.6 Å². The molecular weight excluding hydrogens is 298 g/mol. The standard InChI is InChI=1S/C20H25N3O/c1-12-4-16-8-17(2-3-18(16)21-12)22-19(24)23-20-9-13-5-14(10-20)7-15(6-13)11-20/h2-4,8,13-15,21H,5-7,9-11H2,1H3,(H2,22,23,24). The minimum Gasteiger partial charge on any atom is -0.359 e. The monoisotopic (exact) mass is 323 g/mol. The average Bonchev–Trinajstić information content (AvgIpc) is 2.84. The average molecular weight is 323 g/mol. The Morgan fingerprint density at radius 2 is 1.75 bits per heavy atom. The molecule has 4 heteroatoms. The number of nitrogens with one attached hydrogen (secondary N) is 3. The zero-order valence-electron chi connectivity index (χ0n) is 14.2. The van der Waals surface area contributed by atoms with E-state index in [4.69, 9.17) is 0 Å². The van der Waals surface area contributed by atoms with Crippen LogP contribution in [-0.4, -0.2) is 16.6 Å². The fraction of sp³-hybridized carbons (Fsp3) is 0.550. The summed E-state index contributed by atoms with van der Waals surface area (Å²) in [6.07, 6.45) is 7.73. The minimum absolute atomic E-state index is 0.0384. The summed E-state index contributed by atoms with van der Waals surface area (Å²) in [6.45, 7) is 2.05. The molecule has 4 aliphatic carbocycles. The first-order chi connectivity index (χ1) is 11.6. The molecule has 0 aliphatic heterocycles. The summed E-state index contributed by atoms with van der Waals surface area (Å²) in [4.78, 5) is 15.9. The third-order valence-corrected chi connectivity index (χ3v) is 6.43. The molecule has 1 aromatic carbocycles. The van der Waals surface area contributed by atoms with Crippen molar-refractivity contribution in [2.24, 2.45) is 17.8 Å². The molecule has 0 radical (unpaired) electrons. The number of anilines is 1. The smallest absolute Gasteiger partial charge is 0.319 e. The Balaban J connectivity index is 1.31. The minimum atomic E-state index is -0.0384. The Labute approximate surface area is 142 Å². The van der Waals surface area contributed by atoms with Gasteiger partial charge in [0.25, 0.3) is 0 Å². The van der Waals surface area contributed by atoms with Crippen LogP contribution in [0.2, 0.25) is 0 Å². The number of urea groups is 1. The molecule has 1 aromatic heterocycles. The Bertz CT molecular complexity index is 771. The van der Waals surface area contributed by atoms with Crippen molar-refractivity contribution in [2.75, 3.05) is 5.32 Å². The molecule has 24 heavy (non-hydrogen) atoms. The fourth-order valence-electron chi connectivity index (χ4n) is 6.02. The first-order valence-corrected chi connectivity index (χ1v) is 9.25. The molecule has 126 valence electrons. The summed E-state index contributed by atoms with van der Waals surface area (Å²) in [5.41, 5.74) is 3.18. The highest BCUT2D eigenvalue weighted by Crippen LogP contribution is 2.55. The number of carbonyl (C=O) groups excluding carboxylic acids is 1. The molecule has 0 unspecified atom stereocenters. The van der Waals surface area contributed by atoms with Gasteiger partial charge in [-0.15, -0.1) is 0 Å². The number of hydrogen-bond donors (Lipinski definition) is 3. The van der Waals surface area contributed by atoms with Crippen LogP contribution in [0.5, 0.6) is 0 Å². The second kappa shape index (κ2) is 5.01. The lowest BCUT2D eigenvalue weighted by atomic mass is 9.53. The van der Waals surface area contributed by atoms with E-state index in [0.29, 0.717) is 0 Å². The van der Waals surface area contributed by atoms with Gasteiger partial charge in [0.1, 0.15) is 0 Å². The van der Waals surface area contributed by atoms with Crippen molar-refractivity contribution < 1.29 is 4.79 Å². The highest BCUT2D eigenvalue weighted by Gasteiger charge is 2.51. The lowest BCUT2D eigenvalue weighted by Gasteiger charge is -2.56. The number of benzene rings is 1. The second-order valence-electron chi connectivity index (χ2n) is 8.53. The van der Waals surface area contributed by atoms with Crippen LogP contribution in [-0.2, 0) is 0 Å². The molecule has 0 saturated heterocycles. The number of hydrogen-bond acceptors (Lipinski definition) is 1. The molecule has 0 spiro atoms. The third-order valence-electron chi connectivity index (χ3n) is 6.43. The number of H-pyrrole nitrogens is 1. The molecule has 4 aliphatic rings. The number of carbonyl (C=O) groups is 1. The largest absolute Gasteiger partial charge is 0.359 e. The maximum absolute atomic E-state index is 12.6. The molecule has 1 heterocycles. The van der Waals surface area contributed by atoms with E-state index >= 15 is 0 Å². The van der Waals surface area contributed by atoms with E-state index in [9.17, 15) is 4.79 Å². The van der Waals surface area contributed by atoms with Gasteiger partial charge >= 0.3 is 6.03 Å². The fourth-order valence-corrected chi connectivity index (χ4v) is 6.02. The maximum Gasteiger partial charge on any atom is 0.319 e. The van der Waals surface area contributed by atoms with Crippen LogP contribution in [0.25, 0.3) is 10.9 Å². The van der Waals surface area contributed by atoms with Gasteiger partial charge < -0.3 is 15.6 Å². The van der Waals surface area contributed by atoms with Gasteiger partial charge in [0, 0.05) is 27.8 Å². The molecule has 3 N–H and O–H groups in total. The van der Waals surface area contributed by atoms with E-state index in [2.05, 4.69) is 21.7 Å². The van der Waals surface area contributed by atoms with Crippen LogP contribution in [0.15, 0.2) is 24.3 Å². The normalized spacial score (nSPS) is 33.8. The van der Waals surface area contributed by atoms with E-state index in [1.807, 2.05) is 25.1 Å². The number of amides is 2. The molecule has 4 saturated carbocycles. The first kappa shape index (κ1) is 14.4. The van der Waals surface area contributed by atoms with Gasteiger partial charge in [-0.2, -0.15) is 0 Å². The van der Waals surface area contributed by atoms with E-state index in [0.717, 1.165) is 40.0 Å². The lowest BCUT2D eigenvalue weighted by molar-refractivity contribution is -0.0127. The number of fused-ring (bicyclic) bond motifs is 1. The number of aryl methyl sites for hydroxylation is 1. The number of rotatable bonds is 2. The molecular formula is C20H25N3O. The highest BCUT2D eigenvalue weighted by atomic mass is 16.2. The van der Waals surface area contributed by atoms with Crippen LogP contribution in [0.3, 0.4) is 0 Å². The maximum atomic E-state index is 12.6. The third kappa shape index (κ3) is 2.40. The van der Waals surface area contributed by atoms with Gasteiger partial charge in [0.05, 0.1) is 0 Å². The summed E-state index contributed by atoms with van der Waals surface area (Å²) in [7, 11) is 0. The Kier molecular flexibility index (Phi) is 3.00. The van der Waals surface area contributed by atoms with Crippen LogP contribution >= 0.6 is 0 Å². The van der Waals surface area contributed by atoms with Gasteiger partial charge in [-0.05, 0) is 87.5 Å². The second-order valence-corrected chi connectivity index (χ2v) is 8.53. The summed E-state index contributed by atoms with van der Waals surface area (Å²) >= 11 is 0. The predicted octanol–water partition coefficient (Wildman–Crippen LogP) is 4.57. The zero-order chi connectivity index (χ0) is 16.3. The zero-order valence-corrected chi connectivity index (χ0v) is 14.2. The van der Waals surface area contributed by atoms with Crippen molar-refractivity contribution >= 4 is 22.6 Å². The van der Waals surface area contributed by atoms with Gasteiger partial charge in [0.2, 0.25) is 0 Å². The number of aromatic nitrogens is 1. The summed E-state index contributed by atoms with van der Waals surface area (Å²) < 4.78 is 0. The van der Waals surface area contributed by atoms with E-state index in [1.165, 1.54) is 38.5 Å². The lowest BCUT2D eigenvalue weighted by Crippen LogP contribution is -2.60. The van der Waals surface area contributed by atoms with Crippen molar-refractivity contribution in [3.63, 3.8) is 0 Å². The van der Waals surface area contributed by atoms with Crippen molar-refractivity contribution in [1.82, 2.24) is 10.3 Å². The Hall–Kier alpha value is -1.97. The van der Waals surface area contributed by atoms with Crippen LogP contribution in [0, 0.1) is 24.7 Å². The summed E-state index contributed by atoms with van der Waals surface area (Å²) in [5.74, 6) is 2.53. The molecule has 4 nitrogen and oxygen atoms in total. The van der Waals surface area contributed by atoms with Crippen LogP contribution in [0.1, 0.15) is 44.2 Å². The van der Waals surface area contributed by atoms with Gasteiger partial charge in [-0.3, -0.25) is 0 Å². The molecule has 0 atom stereocenters. The Morgan fingerprint density at radius 1 is 1.08 bits per heavy atom. The van der Waals surface area contributed by atoms with Gasteiger partial charge in [0.15, 0.2) is 0 Å².